The normalized spacial score (nSPS) is 12.9. The van der Waals surface area contributed by atoms with Crippen LogP contribution in [0.4, 0.5) is 0 Å². The minimum absolute atomic E-state index is 0.0354. The van der Waals surface area contributed by atoms with Crippen LogP contribution in [0.3, 0.4) is 0 Å². The molecule has 5 nitrogen and oxygen atoms in total. The SMILES string of the molecule is Cc1nc2cc(C(=O)N(CC(C)O)C(C)C)ccc2n1C. The fourth-order valence-electron chi connectivity index (χ4n) is 2.43. The predicted octanol–water partition coefficient (Wildman–Crippen LogP) is 2.11. The summed E-state index contributed by atoms with van der Waals surface area (Å²) in [6, 6.07) is 5.60. The topological polar surface area (TPSA) is 58.4 Å². The predicted molar refractivity (Wildman–Crippen MR) is 83.3 cm³/mol. The van der Waals surface area contributed by atoms with Gasteiger partial charge in [0.25, 0.3) is 5.91 Å². The quantitative estimate of drug-likeness (QED) is 0.938. The maximum absolute atomic E-state index is 12.6. The van der Waals surface area contributed by atoms with Crippen molar-refractivity contribution in [3.63, 3.8) is 0 Å². The molecule has 2 aromatic rings. The molecule has 0 aliphatic rings. The number of aliphatic hydroxyl groups is 1. The fourth-order valence-corrected chi connectivity index (χ4v) is 2.43. The third-order valence-corrected chi connectivity index (χ3v) is 3.70. The van der Waals surface area contributed by atoms with Crippen LogP contribution in [0.25, 0.3) is 11.0 Å². The van der Waals surface area contributed by atoms with Gasteiger partial charge >= 0.3 is 0 Å². The van der Waals surface area contributed by atoms with Crippen molar-refractivity contribution in [2.75, 3.05) is 6.54 Å². The molecule has 0 radical (unpaired) electrons. The number of nitrogens with zero attached hydrogens (tertiary/aromatic N) is 3. The Labute approximate surface area is 125 Å². The maximum atomic E-state index is 12.6. The number of benzene rings is 1. The standard InChI is InChI=1S/C16H23N3O2/c1-10(2)19(9-11(3)20)16(21)13-6-7-15-14(8-13)17-12(4)18(15)5/h6-8,10-11,20H,9H2,1-5H3. The lowest BCUT2D eigenvalue weighted by Gasteiger charge is -2.28. The molecule has 0 aliphatic heterocycles. The van der Waals surface area contributed by atoms with Gasteiger partial charge in [0, 0.05) is 25.2 Å². The molecule has 21 heavy (non-hydrogen) atoms. The highest BCUT2D eigenvalue weighted by molar-refractivity contribution is 5.97. The number of rotatable bonds is 4. The van der Waals surface area contributed by atoms with E-state index in [0.717, 1.165) is 16.9 Å². The van der Waals surface area contributed by atoms with Gasteiger partial charge in [0.15, 0.2) is 0 Å². The van der Waals surface area contributed by atoms with Crippen LogP contribution in [-0.2, 0) is 7.05 Å². The van der Waals surface area contributed by atoms with E-state index in [1.165, 1.54) is 0 Å². The number of imidazole rings is 1. The van der Waals surface area contributed by atoms with E-state index in [4.69, 9.17) is 0 Å². The number of aliphatic hydroxyl groups excluding tert-OH is 1. The zero-order valence-electron chi connectivity index (χ0n) is 13.3. The molecule has 2 rings (SSSR count). The number of hydrogen-bond acceptors (Lipinski definition) is 3. The molecule has 1 N–H and O–H groups in total. The highest BCUT2D eigenvalue weighted by atomic mass is 16.3. The van der Waals surface area contributed by atoms with Gasteiger partial charge in [-0.25, -0.2) is 4.98 Å². The summed E-state index contributed by atoms with van der Waals surface area (Å²) in [6.07, 6.45) is -0.544. The second-order valence-corrected chi connectivity index (χ2v) is 5.82. The van der Waals surface area contributed by atoms with Crippen molar-refractivity contribution in [1.29, 1.82) is 0 Å². The van der Waals surface area contributed by atoms with E-state index in [9.17, 15) is 9.90 Å². The Balaban J connectivity index is 2.37. The lowest BCUT2D eigenvalue weighted by molar-refractivity contribution is 0.0579. The monoisotopic (exact) mass is 289 g/mol. The Morgan fingerprint density at radius 1 is 1.38 bits per heavy atom. The van der Waals surface area contributed by atoms with Crippen molar-refractivity contribution >= 4 is 16.9 Å². The van der Waals surface area contributed by atoms with Crippen LogP contribution in [0.2, 0.25) is 0 Å². The average molecular weight is 289 g/mol. The number of hydrogen-bond donors (Lipinski definition) is 1. The molecule has 1 amide bonds. The van der Waals surface area contributed by atoms with E-state index in [1.807, 2.05) is 50.6 Å². The summed E-state index contributed by atoms with van der Waals surface area (Å²) in [6.45, 7) is 7.85. The Morgan fingerprint density at radius 2 is 2.05 bits per heavy atom. The Kier molecular flexibility index (Phi) is 4.32. The Morgan fingerprint density at radius 3 is 2.62 bits per heavy atom. The Bertz CT molecular complexity index is 659. The fraction of sp³-hybridized carbons (Fsp3) is 0.500. The first kappa shape index (κ1) is 15.5. The van der Waals surface area contributed by atoms with Gasteiger partial charge in [0.1, 0.15) is 5.82 Å². The van der Waals surface area contributed by atoms with Crippen LogP contribution in [0.1, 0.15) is 37.0 Å². The van der Waals surface area contributed by atoms with E-state index >= 15 is 0 Å². The van der Waals surface area contributed by atoms with Crippen LogP contribution in [0.15, 0.2) is 18.2 Å². The molecule has 1 heterocycles. The first-order chi connectivity index (χ1) is 9.81. The number of fused-ring (bicyclic) bond motifs is 1. The van der Waals surface area contributed by atoms with Crippen LogP contribution in [0, 0.1) is 6.92 Å². The van der Waals surface area contributed by atoms with Gasteiger partial charge in [0.2, 0.25) is 0 Å². The van der Waals surface area contributed by atoms with Crippen molar-refractivity contribution in [2.24, 2.45) is 7.05 Å². The van der Waals surface area contributed by atoms with Gasteiger partial charge in [-0.3, -0.25) is 4.79 Å². The molecule has 5 heteroatoms. The van der Waals surface area contributed by atoms with E-state index in [-0.39, 0.29) is 11.9 Å². The molecule has 1 aromatic carbocycles. The van der Waals surface area contributed by atoms with Crippen molar-refractivity contribution in [3.05, 3.63) is 29.6 Å². The minimum Gasteiger partial charge on any atom is -0.392 e. The third-order valence-electron chi connectivity index (χ3n) is 3.70. The van der Waals surface area contributed by atoms with Crippen molar-refractivity contribution in [3.8, 4) is 0 Å². The van der Waals surface area contributed by atoms with Crippen molar-refractivity contribution < 1.29 is 9.90 Å². The van der Waals surface area contributed by atoms with Crippen molar-refractivity contribution in [2.45, 2.75) is 39.8 Å². The maximum Gasteiger partial charge on any atom is 0.254 e. The van der Waals surface area contributed by atoms with Gasteiger partial charge in [-0.15, -0.1) is 0 Å². The smallest absolute Gasteiger partial charge is 0.254 e. The second-order valence-electron chi connectivity index (χ2n) is 5.82. The molecule has 1 aromatic heterocycles. The van der Waals surface area contributed by atoms with Crippen LogP contribution in [0.5, 0.6) is 0 Å². The van der Waals surface area contributed by atoms with Gasteiger partial charge in [0.05, 0.1) is 17.1 Å². The molecular weight excluding hydrogens is 266 g/mol. The lowest BCUT2D eigenvalue weighted by Crippen LogP contribution is -2.41. The van der Waals surface area contributed by atoms with Gasteiger partial charge in [-0.1, -0.05) is 0 Å². The minimum atomic E-state index is -0.544. The highest BCUT2D eigenvalue weighted by Gasteiger charge is 2.21. The summed E-state index contributed by atoms with van der Waals surface area (Å²) < 4.78 is 2.00. The summed E-state index contributed by atoms with van der Waals surface area (Å²) >= 11 is 0. The summed E-state index contributed by atoms with van der Waals surface area (Å²) in [5, 5.41) is 9.57. The molecule has 1 atom stereocenters. The van der Waals surface area contributed by atoms with E-state index in [2.05, 4.69) is 4.98 Å². The first-order valence-corrected chi connectivity index (χ1v) is 7.23. The van der Waals surface area contributed by atoms with Crippen LogP contribution >= 0.6 is 0 Å². The van der Waals surface area contributed by atoms with Crippen LogP contribution < -0.4 is 0 Å². The second kappa shape index (κ2) is 5.85. The molecular formula is C16H23N3O2. The third kappa shape index (κ3) is 3.08. The number of carbonyl (C=O) groups is 1. The van der Waals surface area contributed by atoms with Gasteiger partial charge in [-0.05, 0) is 45.9 Å². The summed E-state index contributed by atoms with van der Waals surface area (Å²) in [5.74, 6) is 0.843. The number of carbonyl (C=O) groups excluding carboxylic acids is 1. The lowest BCUT2D eigenvalue weighted by atomic mass is 10.1. The van der Waals surface area contributed by atoms with Crippen LogP contribution in [-0.4, -0.2) is 44.2 Å². The van der Waals surface area contributed by atoms with Gasteiger partial charge < -0.3 is 14.6 Å². The summed E-state index contributed by atoms with van der Waals surface area (Å²) in [5.41, 5.74) is 2.44. The molecule has 0 fully saturated rings. The molecule has 0 bridgehead atoms. The summed E-state index contributed by atoms with van der Waals surface area (Å²) in [7, 11) is 1.96. The molecule has 0 spiro atoms. The number of aromatic nitrogens is 2. The van der Waals surface area contributed by atoms with E-state index in [1.54, 1.807) is 11.8 Å². The molecule has 0 saturated heterocycles. The molecule has 1 unspecified atom stereocenters. The zero-order valence-corrected chi connectivity index (χ0v) is 13.3. The van der Waals surface area contributed by atoms with E-state index < -0.39 is 6.10 Å². The first-order valence-electron chi connectivity index (χ1n) is 7.23. The number of amides is 1. The highest BCUT2D eigenvalue weighted by Crippen LogP contribution is 2.18. The average Bonchev–Trinajstić information content (AvgIpc) is 2.69. The van der Waals surface area contributed by atoms with Crippen molar-refractivity contribution in [1.82, 2.24) is 14.5 Å². The molecule has 0 saturated carbocycles. The largest absolute Gasteiger partial charge is 0.392 e. The molecule has 0 aliphatic carbocycles. The van der Waals surface area contributed by atoms with E-state index in [0.29, 0.717) is 12.1 Å². The molecule has 114 valence electrons. The van der Waals surface area contributed by atoms with Gasteiger partial charge in [-0.2, -0.15) is 0 Å². The zero-order chi connectivity index (χ0) is 15.7. The Hall–Kier alpha value is -1.88. The number of aryl methyl sites for hydroxylation is 2. The summed E-state index contributed by atoms with van der Waals surface area (Å²) in [4.78, 5) is 18.8.